The van der Waals surface area contributed by atoms with Gasteiger partial charge in [-0.25, -0.2) is 13.4 Å². The zero-order valence-corrected chi connectivity index (χ0v) is 19.7. The lowest BCUT2D eigenvalue weighted by atomic mass is 10.2. The summed E-state index contributed by atoms with van der Waals surface area (Å²) < 4.78 is 31.6. The molecule has 32 heavy (non-hydrogen) atoms. The Morgan fingerprint density at radius 1 is 1.12 bits per heavy atom. The highest BCUT2D eigenvalue weighted by molar-refractivity contribution is 7.91. The minimum Gasteiger partial charge on any atom is -0.467 e. The van der Waals surface area contributed by atoms with E-state index in [2.05, 4.69) is 4.98 Å². The molecule has 4 rings (SSSR count). The van der Waals surface area contributed by atoms with Crippen molar-refractivity contribution in [3.05, 3.63) is 77.2 Å². The number of benzene rings is 2. The average Bonchev–Trinajstić information content (AvgIpc) is 3.42. The van der Waals surface area contributed by atoms with Crippen LogP contribution in [0.3, 0.4) is 0 Å². The minimum absolute atomic E-state index is 0.0719. The van der Waals surface area contributed by atoms with Gasteiger partial charge in [-0.2, -0.15) is 0 Å². The van der Waals surface area contributed by atoms with Gasteiger partial charge in [0.15, 0.2) is 15.0 Å². The van der Waals surface area contributed by atoms with Gasteiger partial charge in [0.2, 0.25) is 5.91 Å². The number of anilines is 1. The summed E-state index contributed by atoms with van der Waals surface area (Å²) in [5, 5.41) is 1.04. The van der Waals surface area contributed by atoms with E-state index in [9.17, 15) is 13.2 Å². The SMILES string of the molecule is Cc1cccc2sc(N(Cc3ccco3)C(=O)CCCS(=O)(=O)c3ccc(Cl)cc3)nc12. The third-order valence-corrected chi connectivity index (χ3v) is 8.12. The van der Waals surface area contributed by atoms with Crippen molar-refractivity contribution in [1.29, 1.82) is 0 Å². The summed E-state index contributed by atoms with van der Waals surface area (Å²) >= 11 is 7.27. The predicted octanol–water partition coefficient (Wildman–Crippen LogP) is 5.64. The van der Waals surface area contributed by atoms with Gasteiger partial charge in [0, 0.05) is 11.4 Å². The number of sulfone groups is 1. The smallest absolute Gasteiger partial charge is 0.229 e. The molecule has 0 aliphatic heterocycles. The minimum atomic E-state index is -3.50. The molecule has 6 nitrogen and oxygen atoms in total. The first-order chi connectivity index (χ1) is 15.3. The first-order valence-electron chi connectivity index (χ1n) is 10.0. The molecule has 0 unspecified atom stereocenters. The molecule has 0 fully saturated rings. The van der Waals surface area contributed by atoms with Crippen LogP contribution in [0, 0.1) is 6.92 Å². The Morgan fingerprint density at radius 3 is 2.59 bits per heavy atom. The van der Waals surface area contributed by atoms with Gasteiger partial charge in [-0.3, -0.25) is 9.69 Å². The molecule has 2 aromatic carbocycles. The standard InChI is InChI=1S/C23H21ClN2O4S2/c1-16-5-2-7-20-22(16)25-23(31-20)26(15-18-6-3-13-30-18)21(27)8-4-14-32(28,29)19-11-9-17(24)10-12-19/h2-3,5-7,9-13H,4,8,14-15H2,1H3. The molecule has 2 aromatic heterocycles. The number of hydrogen-bond acceptors (Lipinski definition) is 6. The molecule has 0 radical (unpaired) electrons. The molecule has 0 atom stereocenters. The molecular formula is C23H21ClN2O4S2. The molecule has 2 heterocycles. The van der Waals surface area contributed by atoms with Crippen LogP contribution in [0.5, 0.6) is 0 Å². The monoisotopic (exact) mass is 488 g/mol. The van der Waals surface area contributed by atoms with Gasteiger partial charge in [0.25, 0.3) is 0 Å². The third-order valence-electron chi connectivity index (χ3n) is 5.01. The van der Waals surface area contributed by atoms with Crippen molar-refractivity contribution in [1.82, 2.24) is 4.98 Å². The largest absolute Gasteiger partial charge is 0.467 e. The summed E-state index contributed by atoms with van der Waals surface area (Å²) in [5.41, 5.74) is 1.89. The molecule has 0 N–H and O–H groups in total. The molecule has 0 aliphatic carbocycles. The van der Waals surface area contributed by atoms with Crippen LogP contribution in [0.15, 0.2) is 70.2 Å². The van der Waals surface area contributed by atoms with E-state index in [1.54, 1.807) is 35.4 Å². The maximum Gasteiger partial charge on any atom is 0.229 e. The number of carbonyl (C=O) groups excluding carboxylic acids is 1. The second kappa shape index (κ2) is 9.44. The first-order valence-corrected chi connectivity index (χ1v) is 12.9. The molecule has 0 saturated heterocycles. The lowest BCUT2D eigenvalue weighted by molar-refractivity contribution is -0.118. The van der Waals surface area contributed by atoms with Crippen LogP contribution in [0.1, 0.15) is 24.2 Å². The highest BCUT2D eigenvalue weighted by Crippen LogP contribution is 2.32. The Labute approximate surface area is 195 Å². The Hall–Kier alpha value is -2.68. The number of fused-ring (bicyclic) bond motifs is 1. The van der Waals surface area contributed by atoms with E-state index in [4.69, 9.17) is 16.0 Å². The quantitative estimate of drug-likeness (QED) is 0.320. The van der Waals surface area contributed by atoms with Crippen molar-refractivity contribution in [3.8, 4) is 0 Å². The number of thiazole rings is 1. The number of aromatic nitrogens is 1. The van der Waals surface area contributed by atoms with Crippen molar-refractivity contribution in [3.63, 3.8) is 0 Å². The fourth-order valence-corrected chi connectivity index (χ4v) is 5.82. The van der Waals surface area contributed by atoms with Gasteiger partial charge in [0.05, 0.1) is 33.7 Å². The van der Waals surface area contributed by atoms with Crippen LogP contribution < -0.4 is 4.90 Å². The number of nitrogens with zero attached hydrogens (tertiary/aromatic N) is 2. The second-order valence-corrected chi connectivity index (χ2v) is 10.9. The number of para-hydroxylation sites is 1. The van der Waals surface area contributed by atoms with Crippen LogP contribution in [0.4, 0.5) is 5.13 Å². The van der Waals surface area contributed by atoms with Gasteiger partial charge in [-0.15, -0.1) is 0 Å². The molecule has 4 aromatic rings. The topological polar surface area (TPSA) is 80.5 Å². The van der Waals surface area contributed by atoms with Crippen molar-refractivity contribution in [2.75, 3.05) is 10.7 Å². The third kappa shape index (κ3) is 5.03. The summed E-state index contributed by atoms with van der Waals surface area (Å²) in [6.45, 7) is 2.21. The highest BCUT2D eigenvalue weighted by atomic mass is 35.5. The van der Waals surface area contributed by atoms with E-state index in [1.807, 2.05) is 25.1 Å². The maximum atomic E-state index is 13.1. The second-order valence-electron chi connectivity index (χ2n) is 7.35. The maximum absolute atomic E-state index is 13.1. The van der Waals surface area contributed by atoms with Crippen LogP contribution in [0.2, 0.25) is 5.02 Å². The van der Waals surface area contributed by atoms with Crippen molar-refractivity contribution in [2.24, 2.45) is 0 Å². The van der Waals surface area contributed by atoms with Crippen molar-refractivity contribution < 1.29 is 17.6 Å². The number of carbonyl (C=O) groups is 1. The van der Waals surface area contributed by atoms with Gasteiger partial charge < -0.3 is 4.42 Å². The van der Waals surface area contributed by atoms with Crippen LogP contribution >= 0.6 is 22.9 Å². The molecule has 9 heteroatoms. The summed E-state index contributed by atoms with van der Waals surface area (Å²) in [7, 11) is -3.50. The normalized spacial score (nSPS) is 11.7. The Morgan fingerprint density at radius 2 is 1.91 bits per heavy atom. The van der Waals surface area contributed by atoms with Crippen LogP contribution in [-0.2, 0) is 21.2 Å². The van der Waals surface area contributed by atoms with Crippen LogP contribution in [0.25, 0.3) is 10.2 Å². The Balaban J connectivity index is 1.51. The predicted molar refractivity (Wildman–Crippen MR) is 127 cm³/mol. The summed E-state index contributed by atoms with van der Waals surface area (Å²) in [4.78, 5) is 19.6. The van der Waals surface area contributed by atoms with Crippen LogP contribution in [-0.4, -0.2) is 25.1 Å². The molecule has 0 bridgehead atoms. The lowest BCUT2D eigenvalue weighted by Gasteiger charge is -2.18. The van der Waals surface area contributed by atoms with Gasteiger partial charge >= 0.3 is 0 Å². The Kier molecular flexibility index (Phi) is 6.64. The zero-order chi connectivity index (χ0) is 22.7. The number of rotatable bonds is 8. The van der Waals surface area contributed by atoms with E-state index in [-0.39, 0.29) is 35.9 Å². The fourth-order valence-electron chi connectivity index (χ4n) is 3.32. The number of hydrogen-bond donors (Lipinski definition) is 0. The summed E-state index contributed by atoms with van der Waals surface area (Å²) in [5.74, 6) is 0.293. The molecule has 0 saturated carbocycles. The first kappa shape index (κ1) is 22.5. The number of amides is 1. The van der Waals surface area contributed by atoms with E-state index in [0.717, 1.165) is 15.8 Å². The zero-order valence-electron chi connectivity index (χ0n) is 17.3. The van der Waals surface area contributed by atoms with E-state index in [0.29, 0.717) is 15.9 Å². The molecular weight excluding hydrogens is 468 g/mol. The number of halogens is 1. The molecule has 0 aliphatic rings. The molecule has 0 spiro atoms. The van der Waals surface area contributed by atoms with E-state index < -0.39 is 9.84 Å². The lowest BCUT2D eigenvalue weighted by Crippen LogP contribution is -2.30. The van der Waals surface area contributed by atoms with E-state index >= 15 is 0 Å². The van der Waals surface area contributed by atoms with Gasteiger partial charge in [-0.05, 0) is 61.4 Å². The summed E-state index contributed by atoms with van der Waals surface area (Å²) in [6, 6.07) is 15.5. The Bertz CT molecular complexity index is 1330. The number of furan rings is 1. The van der Waals surface area contributed by atoms with Crippen molar-refractivity contribution in [2.45, 2.75) is 31.2 Å². The van der Waals surface area contributed by atoms with Gasteiger partial charge in [-0.1, -0.05) is 35.1 Å². The van der Waals surface area contributed by atoms with E-state index in [1.165, 1.54) is 23.5 Å². The highest BCUT2D eigenvalue weighted by Gasteiger charge is 2.23. The molecule has 1 amide bonds. The molecule has 166 valence electrons. The number of aryl methyl sites for hydroxylation is 1. The average molecular weight is 489 g/mol. The fraction of sp³-hybridized carbons (Fsp3) is 0.217. The summed E-state index contributed by atoms with van der Waals surface area (Å²) in [6.07, 6.45) is 1.82. The van der Waals surface area contributed by atoms with Crippen molar-refractivity contribution >= 4 is 54.0 Å². The van der Waals surface area contributed by atoms with Gasteiger partial charge in [0.1, 0.15) is 5.76 Å².